The average molecular weight is 315 g/mol. The first-order valence-corrected chi connectivity index (χ1v) is 7.95. The second kappa shape index (κ2) is 5.39. The summed E-state index contributed by atoms with van der Waals surface area (Å²) in [6.45, 7) is 1.70. The highest BCUT2D eigenvalue weighted by Gasteiger charge is 2.30. The van der Waals surface area contributed by atoms with Crippen LogP contribution in [0.25, 0.3) is 0 Å². The highest BCUT2D eigenvalue weighted by Crippen LogP contribution is 2.29. The Labute approximate surface area is 120 Å². The van der Waals surface area contributed by atoms with Crippen LogP contribution < -0.4 is 0 Å². The number of furan rings is 1. The zero-order valence-corrected chi connectivity index (χ0v) is 12.5. The Morgan fingerprint density at radius 3 is 2.75 bits per heavy atom. The largest absolute Gasteiger partial charge is 0.477 e. The van der Waals surface area contributed by atoms with Crippen LogP contribution in [0.5, 0.6) is 0 Å². The number of carboxylic acids is 1. The number of nitrogens with zero attached hydrogens (tertiary/aromatic N) is 1. The van der Waals surface area contributed by atoms with Gasteiger partial charge in [0.2, 0.25) is 10.0 Å². The first kappa shape index (κ1) is 14.8. The van der Waals surface area contributed by atoms with E-state index >= 15 is 0 Å². The van der Waals surface area contributed by atoms with Crippen LogP contribution in [0, 0.1) is 6.92 Å². The molecule has 0 radical (unpaired) electrons. The number of carboxylic acid groups (broad SMARTS) is 1. The van der Waals surface area contributed by atoms with Gasteiger partial charge in [-0.1, -0.05) is 0 Å². The third-order valence-electron chi connectivity index (χ3n) is 2.77. The van der Waals surface area contributed by atoms with E-state index in [0.29, 0.717) is 11.1 Å². The first-order valence-electron chi connectivity index (χ1n) is 5.63. The van der Waals surface area contributed by atoms with E-state index in [1.165, 1.54) is 25.0 Å². The number of hydrogen-bond donors (Lipinski definition) is 1. The van der Waals surface area contributed by atoms with Crippen LogP contribution in [0.2, 0.25) is 0 Å². The zero-order chi connectivity index (χ0) is 14.9. The molecule has 0 bridgehead atoms. The van der Waals surface area contributed by atoms with Crippen molar-refractivity contribution in [1.29, 1.82) is 0 Å². The van der Waals surface area contributed by atoms with Gasteiger partial charge in [-0.15, -0.1) is 11.3 Å². The molecule has 2 rings (SSSR count). The fraction of sp³-hybridized carbons (Fsp3) is 0.250. The highest BCUT2D eigenvalue weighted by atomic mass is 32.2. The maximum Gasteiger partial charge on any atom is 0.347 e. The molecule has 6 nitrogen and oxygen atoms in total. The van der Waals surface area contributed by atoms with Gasteiger partial charge >= 0.3 is 5.97 Å². The minimum absolute atomic E-state index is 0.118. The van der Waals surface area contributed by atoms with Crippen LogP contribution in [0.1, 0.15) is 20.8 Å². The van der Waals surface area contributed by atoms with Gasteiger partial charge in [0.1, 0.15) is 9.77 Å². The molecule has 108 valence electrons. The molecule has 0 fully saturated rings. The first-order chi connectivity index (χ1) is 9.34. The van der Waals surface area contributed by atoms with Crippen molar-refractivity contribution >= 4 is 27.3 Å². The standard InChI is InChI=1S/C12H13NO5S2/c1-8-7-19-10(12(14)15)11(8)20(16,17)13(2)5-9-3-4-18-6-9/h3-4,6-7H,5H2,1-2H3,(H,14,15). The Hall–Kier alpha value is -1.64. The molecule has 0 spiro atoms. The molecule has 2 aromatic heterocycles. The summed E-state index contributed by atoms with van der Waals surface area (Å²) in [7, 11) is -2.45. The van der Waals surface area contributed by atoms with Gasteiger partial charge in [0.15, 0.2) is 0 Å². The predicted octanol–water partition coefficient (Wildman–Crippen LogP) is 2.17. The molecule has 0 unspecified atom stereocenters. The van der Waals surface area contributed by atoms with Crippen molar-refractivity contribution in [1.82, 2.24) is 4.31 Å². The Bertz CT molecular complexity index is 715. The zero-order valence-electron chi connectivity index (χ0n) is 10.9. The minimum Gasteiger partial charge on any atom is -0.477 e. The van der Waals surface area contributed by atoms with Crippen molar-refractivity contribution in [3.05, 3.63) is 40.0 Å². The van der Waals surface area contributed by atoms with Crippen LogP contribution in [-0.4, -0.2) is 30.8 Å². The SMILES string of the molecule is Cc1csc(C(=O)O)c1S(=O)(=O)N(C)Cc1ccoc1. The third kappa shape index (κ3) is 2.62. The van der Waals surface area contributed by atoms with E-state index in [2.05, 4.69) is 0 Å². The highest BCUT2D eigenvalue weighted by molar-refractivity contribution is 7.89. The summed E-state index contributed by atoms with van der Waals surface area (Å²) in [5, 5.41) is 10.6. The van der Waals surface area contributed by atoms with Crippen LogP contribution in [-0.2, 0) is 16.6 Å². The van der Waals surface area contributed by atoms with E-state index in [-0.39, 0.29) is 16.3 Å². The predicted molar refractivity (Wildman–Crippen MR) is 73.4 cm³/mol. The number of sulfonamides is 1. The van der Waals surface area contributed by atoms with Crippen molar-refractivity contribution in [3.63, 3.8) is 0 Å². The van der Waals surface area contributed by atoms with Crippen molar-refractivity contribution in [3.8, 4) is 0 Å². The molecular formula is C12H13NO5S2. The monoisotopic (exact) mass is 315 g/mol. The van der Waals surface area contributed by atoms with Gasteiger partial charge < -0.3 is 9.52 Å². The maximum absolute atomic E-state index is 12.5. The minimum atomic E-state index is -3.86. The number of hydrogen-bond acceptors (Lipinski definition) is 5. The fourth-order valence-corrected chi connectivity index (χ4v) is 4.52. The molecule has 0 aromatic carbocycles. The van der Waals surface area contributed by atoms with Gasteiger partial charge in [-0.05, 0) is 23.9 Å². The molecule has 0 saturated heterocycles. The molecule has 2 aromatic rings. The second-order valence-electron chi connectivity index (χ2n) is 4.27. The van der Waals surface area contributed by atoms with Crippen LogP contribution >= 0.6 is 11.3 Å². The lowest BCUT2D eigenvalue weighted by Gasteiger charge is -2.16. The molecule has 1 N–H and O–H groups in total. The maximum atomic E-state index is 12.5. The number of aromatic carboxylic acids is 1. The van der Waals surface area contributed by atoms with Crippen molar-refractivity contribution in [2.24, 2.45) is 0 Å². The summed E-state index contributed by atoms with van der Waals surface area (Å²) >= 11 is 0.913. The summed E-state index contributed by atoms with van der Waals surface area (Å²) in [5.74, 6) is -1.24. The third-order valence-corrected chi connectivity index (χ3v) is 5.97. The van der Waals surface area contributed by atoms with E-state index in [1.54, 1.807) is 13.0 Å². The molecule has 2 heterocycles. The topological polar surface area (TPSA) is 87.8 Å². The smallest absolute Gasteiger partial charge is 0.347 e. The van der Waals surface area contributed by atoms with Gasteiger partial charge in [-0.25, -0.2) is 13.2 Å². The Morgan fingerprint density at radius 2 is 2.20 bits per heavy atom. The molecule has 0 aliphatic heterocycles. The van der Waals surface area contributed by atoms with Gasteiger partial charge in [0, 0.05) is 19.2 Å². The summed E-state index contributed by atoms with van der Waals surface area (Å²) < 4.78 is 31.0. The number of thiophene rings is 1. The average Bonchev–Trinajstić information content (AvgIpc) is 2.98. The van der Waals surface area contributed by atoms with Gasteiger partial charge in [0.05, 0.1) is 12.5 Å². The molecule has 0 atom stereocenters. The molecule has 0 aliphatic rings. The van der Waals surface area contributed by atoms with Gasteiger partial charge in [-0.3, -0.25) is 0 Å². The number of carbonyl (C=O) groups is 1. The van der Waals surface area contributed by atoms with Crippen LogP contribution in [0.15, 0.2) is 33.3 Å². The lowest BCUT2D eigenvalue weighted by molar-refractivity contribution is 0.0698. The van der Waals surface area contributed by atoms with E-state index in [9.17, 15) is 13.2 Å². The van der Waals surface area contributed by atoms with Gasteiger partial charge in [-0.2, -0.15) is 4.31 Å². The molecule has 8 heteroatoms. The number of aryl methyl sites for hydroxylation is 1. The Kier molecular flexibility index (Phi) is 3.98. The molecule has 20 heavy (non-hydrogen) atoms. The van der Waals surface area contributed by atoms with Crippen molar-refractivity contribution < 1.29 is 22.7 Å². The summed E-state index contributed by atoms with van der Waals surface area (Å²) in [4.78, 5) is 10.8. The molecule has 0 aliphatic carbocycles. The molecule has 0 saturated carbocycles. The second-order valence-corrected chi connectivity index (χ2v) is 7.14. The Balaban J connectivity index is 2.40. The molecule has 0 amide bonds. The normalized spacial score (nSPS) is 11.9. The number of rotatable bonds is 5. The van der Waals surface area contributed by atoms with Gasteiger partial charge in [0.25, 0.3) is 0 Å². The molecular weight excluding hydrogens is 302 g/mol. The van der Waals surface area contributed by atoms with Crippen molar-refractivity contribution in [2.45, 2.75) is 18.4 Å². The summed E-state index contributed by atoms with van der Waals surface area (Å²) in [6, 6.07) is 1.66. The summed E-state index contributed by atoms with van der Waals surface area (Å²) in [6.07, 6.45) is 2.90. The van der Waals surface area contributed by atoms with Crippen molar-refractivity contribution in [2.75, 3.05) is 7.05 Å². The van der Waals surface area contributed by atoms with E-state index in [0.717, 1.165) is 15.6 Å². The van der Waals surface area contributed by atoms with Crippen LogP contribution in [0.3, 0.4) is 0 Å². The summed E-state index contributed by atoms with van der Waals surface area (Å²) in [5.41, 5.74) is 1.13. The van der Waals surface area contributed by atoms with E-state index < -0.39 is 16.0 Å². The lowest BCUT2D eigenvalue weighted by Crippen LogP contribution is -2.27. The van der Waals surface area contributed by atoms with E-state index in [4.69, 9.17) is 9.52 Å². The van der Waals surface area contributed by atoms with Crippen LogP contribution in [0.4, 0.5) is 0 Å². The Morgan fingerprint density at radius 1 is 1.50 bits per heavy atom. The van der Waals surface area contributed by atoms with E-state index in [1.807, 2.05) is 0 Å². The lowest BCUT2D eigenvalue weighted by atomic mass is 10.3. The fourth-order valence-electron chi connectivity index (χ4n) is 1.78. The quantitative estimate of drug-likeness (QED) is 0.913.